The van der Waals surface area contributed by atoms with Crippen LogP contribution in [-0.2, 0) is 0 Å². The van der Waals surface area contributed by atoms with Crippen LogP contribution in [-0.4, -0.2) is 7.05 Å². The Bertz CT molecular complexity index is 598. The zero-order valence-corrected chi connectivity index (χ0v) is 13.4. The first-order valence-electron chi connectivity index (χ1n) is 7.26. The Morgan fingerprint density at radius 2 is 1.86 bits per heavy atom. The van der Waals surface area contributed by atoms with Gasteiger partial charge in [0, 0.05) is 17.0 Å². The predicted octanol–water partition coefficient (Wildman–Crippen LogP) is 5.24. The summed E-state index contributed by atoms with van der Waals surface area (Å²) in [5.41, 5.74) is 2.84. The lowest BCUT2D eigenvalue weighted by atomic mass is 9.84. The number of aryl methyl sites for hydroxylation is 1. The van der Waals surface area contributed by atoms with E-state index in [1.807, 2.05) is 31.3 Å². The molecule has 0 spiro atoms. The van der Waals surface area contributed by atoms with Crippen LogP contribution in [0.4, 0.5) is 4.39 Å². The third-order valence-corrected chi connectivity index (χ3v) is 4.32. The number of hydrogen-bond acceptors (Lipinski definition) is 1. The summed E-state index contributed by atoms with van der Waals surface area (Å²) in [5.74, 6) is 0.0323. The molecule has 2 unspecified atom stereocenters. The monoisotopic (exact) mass is 305 g/mol. The third-order valence-electron chi connectivity index (χ3n) is 3.99. The Labute approximate surface area is 131 Å². The van der Waals surface area contributed by atoms with E-state index >= 15 is 0 Å². The first-order chi connectivity index (χ1) is 10.1. The summed E-state index contributed by atoms with van der Waals surface area (Å²) in [7, 11) is 1.92. The van der Waals surface area contributed by atoms with Gasteiger partial charge in [0.2, 0.25) is 0 Å². The lowest BCUT2D eigenvalue weighted by Gasteiger charge is -2.28. The highest BCUT2D eigenvalue weighted by Gasteiger charge is 2.24. The molecule has 0 saturated heterocycles. The standard InChI is InChI=1S/C18H21ClFN/c1-4-14(13-8-6-5-7-9-13)18(21-3)15-10-12(2)17(20)11-16(15)19/h5-11,14,18,21H,4H2,1-3H3. The fourth-order valence-electron chi connectivity index (χ4n) is 2.86. The lowest BCUT2D eigenvalue weighted by molar-refractivity contribution is 0.467. The average Bonchev–Trinajstić information content (AvgIpc) is 2.50. The van der Waals surface area contributed by atoms with Crippen molar-refractivity contribution in [3.8, 4) is 0 Å². The van der Waals surface area contributed by atoms with Gasteiger partial charge in [0.15, 0.2) is 0 Å². The van der Waals surface area contributed by atoms with E-state index in [1.54, 1.807) is 6.92 Å². The summed E-state index contributed by atoms with van der Waals surface area (Å²) < 4.78 is 13.6. The Morgan fingerprint density at radius 3 is 2.43 bits per heavy atom. The van der Waals surface area contributed by atoms with Crippen LogP contribution in [0, 0.1) is 12.7 Å². The minimum atomic E-state index is -0.258. The zero-order valence-electron chi connectivity index (χ0n) is 12.7. The molecular weight excluding hydrogens is 285 g/mol. The van der Waals surface area contributed by atoms with Crippen molar-refractivity contribution in [2.45, 2.75) is 32.2 Å². The van der Waals surface area contributed by atoms with Crippen LogP contribution in [0.5, 0.6) is 0 Å². The van der Waals surface area contributed by atoms with E-state index < -0.39 is 0 Å². The Morgan fingerprint density at radius 1 is 1.19 bits per heavy atom. The molecule has 0 saturated carbocycles. The quantitative estimate of drug-likeness (QED) is 0.796. The highest BCUT2D eigenvalue weighted by molar-refractivity contribution is 6.31. The Hall–Kier alpha value is -1.38. The van der Waals surface area contributed by atoms with E-state index in [4.69, 9.17) is 11.6 Å². The molecule has 2 aromatic carbocycles. The first-order valence-corrected chi connectivity index (χ1v) is 7.64. The average molecular weight is 306 g/mol. The number of nitrogens with one attached hydrogen (secondary N) is 1. The molecule has 3 heteroatoms. The highest BCUT2D eigenvalue weighted by Crippen LogP contribution is 2.37. The largest absolute Gasteiger partial charge is 0.312 e. The van der Waals surface area contributed by atoms with Crippen LogP contribution in [0.15, 0.2) is 42.5 Å². The second-order valence-corrected chi connectivity index (χ2v) is 5.72. The first kappa shape index (κ1) is 16.0. The van der Waals surface area contributed by atoms with Gasteiger partial charge >= 0.3 is 0 Å². The van der Waals surface area contributed by atoms with Crippen molar-refractivity contribution < 1.29 is 4.39 Å². The van der Waals surface area contributed by atoms with Crippen molar-refractivity contribution in [3.05, 3.63) is 70.0 Å². The van der Waals surface area contributed by atoms with E-state index in [0.717, 1.165) is 12.0 Å². The summed E-state index contributed by atoms with van der Waals surface area (Å²) >= 11 is 6.28. The van der Waals surface area contributed by atoms with Gasteiger partial charge in [0.25, 0.3) is 0 Å². The minimum absolute atomic E-state index is 0.0594. The van der Waals surface area contributed by atoms with Gasteiger partial charge in [-0.2, -0.15) is 0 Å². The van der Waals surface area contributed by atoms with Crippen molar-refractivity contribution in [1.82, 2.24) is 5.32 Å². The van der Waals surface area contributed by atoms with E-state index in [-0.39, 0.29) is 11.9 Å². The topological polar surface area (TPSA) is 12.0 Å². The van der Waals surface area contributed by atoms with Gasteiger partial charge in [-0.15, -0.1) is 0 Å². The van der Waals surface area contributed by atoms with Crippen molar-refractivity contribution >= 4 is 11.6 Å². The molecule has 1 N–H and O–H groups in total. The number of benzene rings is 2. The molecule has 1 nitrogen and oxygen atoms in total. The molecule has 0 heterocycles. The number of halogens is 2. The number of rotatable bonds is 5. The van der Waals surface area contributed by atoms with Gasteiger partial charge in [-0.1, -0.05) is 54.9 Å². The summed E-state index contributed by atoms with van der Waals surface area (Å²) in [5, 5.41) is 3.83. The van der Waals surface area contributed by atoms with Crippen LogP contribution in [0.25, 0.3) is 0 Å². The fraction of sp³-hybridized carbons (Fsp3) is 0.333. The molecule has 0 aromatic heterocycles. The summed E-state index contributed by atoms with van der Waals surface area (Å²) in [6, 6.07) is 13.7. The molecule has 0 aliphatic heterocycles. The molecule has 0 aliphatic rings. The van der Waals surface area contributed by atoms with Gasteiger partial charge in [0.1, 0.15) is 5.82 Å². The molecule has 112 valence electrons. The van der Waals surface area contributed by atoms with E-state index in [0.29, 0.717) is 16.5 Å². The smallest absolute Gasteiger partial charge is 0.127 e. The second kappa shape index (κ2) is 7.06. The van der Waals surface area contributed by atoms with Crippen LogP contribution >= 0.6 is 11.6 Å². The van der Waals surface area contributed by atoms with E-state index in [9.17, 15) is 4.39 Å². The SMILES string of the molecule is CCC(c1ccccc1)C(NC)c1cc(C)c(F)cc1Cl. The van der Waals surface area contributed by atoms with Crippen molar-refractivity contribution in [1.29, 1.82) is 0 Å². The predicted molar refractivity (Wildman–Crippen MR) is 87.4 cm³/mol. The van der Waals surface area contributed by atoms with Crippen LogP contribution in [0.2, 0.25) is 5.02 Å². The van der Waals surface area contributed by atoms with Crippen molar-refractivity contribution in [2.24, 2.45) is 0 Å². The van der Waals surface area contributed by atoms with Gasteiger partial charge in [-0.05, 0) is 43.1 Å². The van der Waals surface area contributed by atoms with Crippen molar-refractivity contribution in [2.75, 3.05) is 7.05 Å². The number of hydrogen-bond donors (Lipinski definition) is 1. The molecule has 21 heavy (non-hydrogen) atoms. The van der Waals surface area contributed by atoms with Crippen LogP contribution < -0.4 is 5.32 Å². The van der Waals surface area contributed by atoms with Gasteiger partial charge in [-0.25, -0.2) is 4.39 Å². The highest BCUT2D eigenvalue weighted by atomic mass is 35.5. The van der Waals surface area contributed by atoms with Gasteiger partial charge < -0.3 is 5.32 Å². The zero-order chi connectivity index (χ0) is 15.4. The Kier molecular flexibility index (Phi) is 5.38. The molecular formula is C18H21ClFN. The lowest BCUT2D eigenvalue weighted by Crippen LogP contribution is -2.24. The minimum Gasteiger partial charge on any atom is -0.312 e. The Balaban J connectivity index is 2.45. The van der Waals surface area contributed by atoms with E-state index in [2.05, 4.69) is 24.4 Å². The fourth-order valence-corrected chi connectivity index (χ4v) is 3.12. The molecule has 0 bridgehead atoms. The van der Waals surface area contributed by atoms with Crippen molar-refractivity contribution in [3.63, 3.8) is 0 Å². The maximum atomic E-state index is 13.6. The molecule has 0 radical (unpaired) electrons. The van der Waals surface area contributed by atoms with Crippen LogP contribution in [0.1, 0.15) is 42.0 Å². The maximum absolute atomic E-state index is 13.6. The molecule has 0 aliphatic carbocycles. The molecule has 0 amide bonds. The number of likely N-dealkylation sites (N-methyl/N-ethyl adjacent to an activating group) is 1. The normalized spacial score (nSPS) is 14.0. The summed E-state index contributed by atoms with van der Waals surface area (Å²) in [6.07, 6.45) is 0.974. The summed E-state index contributed by atoms with van der Waals surface area (Å²) in [4.78, 5) is 0. The third kappa shape index (κ3) is 3.45. The van der Waals surface area contributed by atoms with Crippen LogP contribution in [0.3, 0.4) is 0 Å². The molecule has 0 fully saturated rings. The van der Waals surface area contributed by atoms with E-state index in [1.165, 1.54) is 11.6 Å². The summed E-state index contributed by atoms with van der Waals surface area (Å²) in [6.45, 7) is 3.93. The van der Waals surface area contributed by atoms with Gasteiger partial charge in [-0.3, -0.25) is 0 Å². The van der Waals surface area contributed by atoms with Gasteiger partial charge in [0.05, 0.1) is 0 Å². The maximum Gasteiger partial charge on any atom is 0.127 e. The molecule has 2 aromatic rings. The molecule has 2 rings (SSSR count). The second-order valence-electron chi connectivity index (χ2n) is 5.31. The molecule has 2 atom stereocenters.